The Balaban J connectivity index is 1.97. The normalized spacial score (nSPS) is 16.6. The number of rotatable bonds is 5. The van der Waals surface area contributed by atoms with Crippen molar-refractivity contribution in [2.75, 3.05) is 10.6 Å². The van der Waals surface area contributed by atoms with Crippen molar-refractivity contribution in [1.29, 1.82) is 0 Å². The highest BCUT2D eigenvalue weighted by Crippen LogP contribution is 2.31. The summed E-state index contributed by atoms with van der Waals surface area (Å²) in [5.41, 5.74) is 3.07. The first kappa shape index (κ1) is 13.9. The van der Waals surface area contributed by atoms with E-state index in [1.165, 1.54) is 25.7 Å². The molecule has 0 aromatic heterocycles. The standard InChI is InChI=1S/C16H24N2O/c1-11-7-8-15(10-16(11)18-13(3)19)17-12(2)9-14-5-4-6-14/h7-8,10,12,14,17H,4-6,9H2,1-3H3,(H,18,19). The van der Waals surface area contributed by atoms with Crippen LogP contribution in [0.3, 0.4) is 0 Å². The van der Waals surface area contributed by atoms with E-state index in [9.17, 15) is 4.79 Å². The van der Waals surface area contributed by atoms with Gasteiger partial charge in [-0.1, -0.05) is 25.3 Å². The van der Waals surface area contributed by atoms with Crippen LogP contribution < -0.4 is 10.6 Å². The molecular formula is C16H24N2O. The number of hydrogen-bond donors (Lipinski definition) is 2. The molecule has 1 aromatic rings. The molecule has 3 nitrogen and oxygen atoms in total. The van der Waals surface area contributed by atoms with E-state index in [1.54, 1.807) is 6.92 Å². The van der Waals surface area contributed by atoms with Crippen molar-refractivity contribution in [2.24, 2.45) is 5.92 Å². The highest BCUT2D eigenvalue weighted by Gasteiger charge is 2.19. The predicted octanol–water partition coefficient (Wildman–Crippen LogP) is 3.94. The van der Waals surface area contributed by atoms with E-state index in [-0.39, 0.29) is 5.91 Å². The second kappa shape index (κ2) is 6.09. The lowest BCUT2D eigenvalue weighted by Crippen LogP contribution is -2.23. The summed E-state index contributed by atoms with van der Waals surface area (Å²) >= 11 is 0. The van der Waals surface area contributed by atoms with Crippen LogP contribution in [0, 0.1) is 12.8 Å². The monoisotopic (exact) mass is 260 g/mol. The van der Waals surface area contributed by atoms with Crippen LogP contribution in [0.2, 0.25) is 0 Å². The van der Waals surface area contributed by atoms with Gasteiger partial charge in [0.2, 0.25) is 5.91 Å². The summed E-state index contributed by atoms with van der Waals surface area (Å²) in [6, 6.07) is 6.63. The second-order valence-electron chi connectivity index (χ2n) is 5.79. The third-order valence-electron chi connectivity index (χ3n) is 3.87. The maximum absolute atomic E-state index is 11.2. The number of carbonyl (C=O) groups excluding carboxylic acids is 1. The maximum atomic E-state index is 11.2. The van der Waals surface area contributed by atoms with Gasteiger partial charge in [-0.2, -0.15) is 0 Å². The topological polar surface area (TPSA) is 41.1 Å². The van der Waals surface area contributed by atoms with Crippen LogP contribution in [0.1, 0.15) is 45.1 Å². The van der Waals surface area contributed by atoms with Gasteiger partial charge in [0.05, 0.1) is 0 Å². The molecule has 3 heteroatoms. The summed E-state index contributed by atoms with van der Waals surface area (Å²) in [5, 5.41) is 6.40. The zero-order valence-corrected chi connectivity index (χ0v) is 12.1. The lowest BCUT2D eigenvalue weighted by Gasteiger charge is -2.29. The molecule has 1 aliphatic rings. The third kappa shape index (κ3) is 3.98. The molecular weight excluding hydrogens is 236 g/mol. The Morgan fingerprint density at radius 2 is 2.16 bits per heavy atom. The van der Waals surface area contributed by atoms with E-state index in [0.29, 0.717) is 6.04 Å². The summed E-state index contributed by atoms with van der Waals surface area (Å²) in [5.74, 6) is 0.880. The number of hydrogen-bond acceptors (Lipinski definition) is 2. The molecule has 0 saturated heterocycles. The summed E-state index contributed by atoms with van der Waals surface area (Å²) in [7, 11) is 0. The average Bonchev–Trinajstić information content (AvgIpc) is 2.28. The summed E-state index contributed by atoms with van der Waals surface area (Å²) < 4.78 is 0. The van der Waals surface area contributed by atoms with E-state index in [1.807, 2.05) is 19.1 Å². The number of benzene rings is 1. The first-order chi connectivity index (χ1) is 9.04. The molecule has 0 spiro atoms. The highest BCUT2D eigenvalue weighted by atomic mass is 16.1. The molecule has 1 aromatic carbocycles. The number of nitrogens with one attached hydrogen (secondary N) is 2. The summed E-state index contributed by atoms with van der Waals surface area (Å²) in [6.45, 7) is 5.78. The maximum Gasteiger partial charge on any atom is 0.221 e. The highest BCUT2D eigenvalue weighted by molar-refractivity contribution is 5.90. The fourth-order valence-electron chi connectivity index (χ4n) is 2.61. The van der Waals surface area contributed by atoms with Crippen LogP contribution in [0.25, 0.3) is 0 Å². The molecule has 0 heterocycles. The molecule has 1 fully saturated rings. The minimum absolute atomic E-state index is 0.0252. The van der Waals surface area contributed by atoms with Crippen LogP contribution in [0.5, 0.6) is 0 Å². The van der Waals surface area contributed by atoms with E-state index >= 15 is 0 Å². The third-order valence-corrected chi connectivity index (χ3v) is 3.87. The van der Waals surface area contributed by atoms with Crippen molar-refractivity contribution in [3.05, 3.63) is 23.8 Å². The van der Waals surface area contributed by atoms with Gasteiger partial charge < -0.3 is 10.6 Å². The number of aryl methyl sites for hydroxylation is 1. The van der Waals surface area contributed by atoms with Crippen molar-refractivity contribution in [1.82, 2.24) is 0 Å². The Hall–Kier alpha value is -1.51. The van der Waals surface area contributed by atoms with E-state index in [0.717, 1.165) is 22.9 Å². The van der Waals surface area contributed by atoms with Gasteiger partial charge >= 0.3 is 0 Å². The van der Waals surface area contributed by atoms with Gasteiger partial charge in [-0.15, -0.1) is 0 Å². The van der Waals surface area contributed by atoms with Crippen LogP contribution >= 0.6 is 0 Å². The first-order valence-electron chi connectivity index (χ1n) is 7.19. The van der Waals surface area contributed by atoms with Gasteiger partial charge in [0.15, 0.2) is 0 Å². The Morgan fingerprint density at radius 3 is 2.74 bits per heavy atom. The molecule has 1 unspecified atom stereocenters. The van der Waals surface area contributed by atoms with Gasteiger partial charge in [0, 0.05) is 24.3 Å². The first-order valence-corrected chi connectivity index (χ1v) is 7.19. The smallest absolute Gasteiger partial charge is 0.221 e. The molecule has 2 rings (SSSR count). The zero-order valence-electron chi connectivity index (χ0n) is 12.1. The molecule has 0 aliphatic heterocycles. The Morgan fingerprint density at radius 1 is 1.42 bits per heavy atom. The lowest BCUT2D eigenvalue weighted by molar-refractivity contribution is -0.114. The Kier molecular flexibility index (Phi) is 4.46. The quantitative estimate of drug-likeness (QED) is 0.841. The molecule has 19 heavy (non-hydrogen) atoms. The predicted molar refractivity (Wildman–Crippen MR) is 80.5 cm³/mol. The SMILES string of the molecule is CC(=O)Nc1cc(NC(C)CC2CCC2)ccc1C. The van der Waals surface area contributed by atoms with Gasteiger partial charge in [-0.05, 0) is 43.9 Å². The number of amides is 1. The van der Waals surface area contributed by atoms with Gasteiger partial charge in [0.25, 0.3) is 0 Å². The molecule has 0 radical (unpaired) electrons. The van der Waals surface area contributed by atoms with E-state index in [2.05, 4.69) is 23.6 Å². The van der Waals surface area contributed by atoms with Gasteiger partial charge in [-0.25, -0.2) is 0 Å². The lowest BCUT2D eigenvalue weighted by atomic mass is 9.81. The minimum Gasteiger partial charge on any atom is -0.383 e. The molecule has 0 bridgehead atoms. The molecule has 2 N–H and O–H groups in total. The molecule has 1 atom stereocenters. The second-order valence-corrected chi connectivity index (χ2v) is 5.79. The fourth-order valence-corrected chi connectivity index (χ4v) is 2.61. The zero-order chi connectivity index (χ0) is 13.8. The molecule has 1 amide bonds. The van der Waals surface area contributed by atoms with Crippen LogP contribution in [0.15, 0.2) is 18.2 Å². The molecule has 1 saturated carbocycles. The summed E-state index contributed by atoms with van der Waals surface area (Å²) in [4.78, 5) is 11.2. The molecule has 104 valence electrons. The van der Waals surface area contributed by atoms with E-state index in [4.69, 9.17) is 0 Å². The van der Waals surface area contributed by atoms with Crippen molar-refractivity contribution < 1.29 is 4.79 Å². The number of carbonyl (C=O) groups is 1. The Labute approximate surface area is 115 Å². The van der Waals surface area contributed by atoms with Crippen LogP contribution in [-0.4, -0.2) is 11.9 Å². The summed E-state index contributed by atoms with van der Waals surface area (Å²) in [6.07, 6.45) is 5.41. The van der Waals surface area contributed by atoms with Gasteiger partial charge in [0.1, 0.15) is 0 Å². The van der Waals surface area contributed by atoms with E-state index < -0.39 is 0 Å². The average molecular weight is 260 g/mol. The Bertz CT molecular complexity index is 452. The molecule has 1 aliphatic carbocycles. The largest absolute Gasteiger partial charge is 0.383 e. The fraction of sp³-hybridized carbons (Fsp3) is 0.562. The van der Waals surface area contributed by atoms with Crippen molar-refractivity contribution in [3.8, 4) is 0 Å². The van der Waals surface area contributed by atoms with Gasteiger partial charge in [-0.3, -0.25) is 4.79 Å². The minimum atomic E-state index is -0.0252. The van der Waals surface area contributed by atoms with Crippen molar-refractivity contribution >= 4 is 17.3 Å². The van der Waals surface area contributed by atoms with Crippen molar-refractivity contribution in [2.45, 2.75) is 52.5 Å². The van der Waals surface area contributed by atoms with Crippen LogP contribution in [-0.2, 0) is 4.79 Å². The van der Waals surface area contributed by atoms with Crippen LogP contribution in [0.4, 0.5) is 11.4 Å². The van der Waals surface area contributed by atoms with Crippen molar-refractivity contribution in [3.63, 3.8) is 0 Å². The number of anilines is 2.